The fourth-order valence-corrected chi connectivity index (χ4v) is 3.85. The minimum absolute atomic E-state index is 0.207. The fraction of sp³-hybridized carbons (Fsp3) is 0.182. The maximum Gasteiger partial charge on any atom is 0.331 e. The lowest BCUT2D eigenvalue weighted by Crippen LogP contribution is -2.29. The Balaban J connectivity index is 2.04. The normalized spacial score (nSPS) is 13.6. The number of benzene rings is 1. The number of esters is 1. The molecule has 2 rings (SSSR count). The molecular weight excluding hydrogens is 432 g/mol. The Bertz CT molecular complexity index is 482. The van der Waals surface area contributed by atoms with Gasteiger partial charge >= 0.3 is 5.97 Å². The summed E-state index contributed by atoms with van der Waals surface area (Å²) in [7, 11) is 0. The van der Waals surface area contributed by atoms with Crippen LogP contribution >= 0.6 is 47.8 Å². The van der Waals surface area contributed by atoms with Crippen LogP contribution in [0, 0.1) is 0 Å². The Morgan fingerprint density at radius 3 is 2.56 bits per heavy atom. The van der Waals surface area contributed by atoms with Crippen LogP contribution in [0.4, 0.5) is 0 Å². The number of carbonyl (C=O) groups is 1. The average molecular weight is 441 g/mol. The molecule has 1 aliphatic rings. The van der Waals surface area contributed by atoms with E-state index in [-0.39, 0.29) is 12.5 Å². The smallest absolute Gasteiger partial charge is 0.331 e. The van der Waals surface area contributed by atoms with Crippen molar-refractivity contribution in [3.8, 4) is 5.75 Å². The van der Waals surface area contributed by atoms with Gasteiger partial charge in [0.1, 0.15) is 6.54 Å². The first-order valence-electron chi connectivity index (χ1n) is 5.05. The van der Waals surface area contributed by atoms with Gasteiger partial charge in [0.15, 0.2) is 5.75 Å². The van der Waals surface area contributed by atoms with Gasteiger partial charge in [-0.2, -0.15) is 0 Å². The Kier molecular flexibility index (Phi) is 4.69. The quantitative estimate of drug-likeness (QED) is 0.579. The zero-order valence-electron chi connectivity index (χ0n) is 9.12. The van der Waals surface area contributed by atoms with E-state index in [0.29, 0.717) is 21.4 Å². The third-order valence-electron chi connectivity index (χ3n) is 2.21. The van der Waals surface area contributed by atoms with Crippen molar-refractivity contribution in [2.45, 2.75) is 0 Å². The maximum absolute atomic E-state index is 11.8. The summed E-state index contributed by atoms with van der Waals surface area (Å²) in [6.07, 6.45) is 3.60. The van der Waals surface area contributed by atoms with Gasteiger partial charge in [-0.3, -0.25) is 0 Å². The van der Waals surface area contributed by atoms with E-state index in [0.717, 1.165) is 4.47 Å². The second-order valence-electron chi connectivity index (χ2n) is 3.60. The molecule has 0 atom stereocenters. The van der Waals surface area contributed by atoms with Gasteiger partial charge in [0.25, 0.3) is 0 Å². The van der Waals surface area contributed by atoms with E-state index in [9.17, 15) is 4.79 Å². The van der Waals surface area contributed by atoms with Crippen molar-refractivity contribution in [1.29, 1.82) is 0 Å². The third-order valence-corrected chi connectivity index (χ3v) is 3.84. The summed E-state index contributed by atoms with van der Waals surface area (Å²) < 4.78 is 7.66. The number of carbonyl (C=O) groups excluding carboxylic acids is 1. The lowest BCUT2D eigenvalue weighted by atomic mass is 10.3. The largest absolute Gasteiger partial charge is 0.423 e. The summed E-state index contributed by atoms with van der Waals surface area (Å²) in [5.74, 6) is 0.173. The van der Waals surface area contributed by atoms with Crippen LogP contribution in [0.3, 0.4) is 0 Å². The van der Waals surface area contributed by atoms with Crippen LogP contribution in [0.5, 0.6) is 5.75 Å². The highest BCUT2D eigenvalue weighted by molar-refractivity contribution is 9.11. The number of nitrogens with one attached hydrogen (secondary N) is 1. The molecule has 1 aliphatic heterocycles. The summed E-state index contributed by atoms with van der Waals surface area (Å²) in [5.41, 5.74) is 0. The SMILES string of the molecule is O=C(CN1C=CNC1)Oc1c(Br)cc(Br)cc1Br. The molecule has 1 N–H and O–H groups in total. The summed E-state index contributed by atoms with van der Waals surface area (Å²) in [5, 5.41) is 2.98. The van der Waals surface area contributed by atoms with Gasteiger partial charge in [-0.1, -0.05) is 15.9 Å². The van der Waals surface area contributed by atoms with Crippen LogP contribution in [0.25, 0.3) is 0 Å². The second-order valence-corrected chi connectivity index (χ2v) is 6.22. The summed E-state index contributed by atoms with van der Waals surface area (Å²) >= 11 is 10.1. The van der Waals surface area contributed by atoms with Crippen molar-refractivity contribution in [3.05, 3.63) is 38.0 Å². The Labute approximate surface area is 130 Å². The van der Waals surface area contributed by atoms with Crippen LogP contribution in [0.15, 0.2) is 38.0 Å². The molecule has 0 spiro atoms. The first-order chi connectivity index (χ1) is 8.56. The molecule has 0 aliphatic carbocycles. The monoisotopic (exact) mass is 438 g/mol. The van der Waals surface area contributed by atoms with Gasteiger partial charge in [0.05, 0.1) is 15.6 Å². The molecule has 0 bridgehead atoms. The van der Waals surface area contributed by atoms with E-state index < -0.39 is 0 Å². The van der Waals surface area contributed by atoms with E-state index in [2.05, 4.69) is 53.1 Å². The summed E-state index contributed by atoms with van der Waals surface area (Å²) in [4.78, 5) is 13.6. The summed E-state index contributed by atoms with van der Waals surface area (Å²) in [6.45, 7) is 0.830. The molecule has 18 heavy (non-hydrogen) atoms. The van der Waals surface area contributed by atoms with Gasteiger partial charge < -0.3 is 15.0 Å². The van der Waals surface area contributed by atoms with Crippen molar-refractivity contribution >= 4 is 53.8 Å². The van der Waals surface area contributed by atoms with Crippen molar-refractivity contribution < 1.29 is 9.53 Å². The van der Waals surface area contributed by atoms with Crippen molar-refractivity contribution in [1.82, 2.24) is 10.2 Å². The van der Waals surface area contributed by atoms with Crippen LogP contribution in [-0.4, -0.2) is 24.1 Å². The van der Waals surface area contributed by atoms with Crippen molar-refractivity contribution in [3.63, 3.8) is 0 Å². The molecular formula is C11H9Br3N2O2. The third kappa shape index (κ3) is 3.49. The number of nitrogens with zero attached hydrogens (tertiary/aromatic N) is 1. The zero-order chi connectivity index (χ0) is 13.1. The molecule has 1 aromatic rings. The standard InChI is InChI=1S/C11H9Br3N2O2/c12-7-3-8(13)11(9(14)4-7)18-10(17)5-16-2-1-15-6-16/h1-4,15H,5-6H2. The molecule has 4 nitrogen and oxygen atoms in total. The number of hydrogen-bond donors (Lipinski definition) is 1. The molecule has 0 aromatic heterocycles. The summed E-state index contributed by atoms with van der Waals surface area (Å²) in [6, 6.07) is 3.65. The number of hydrogen-bond acceptors (Lipinski definition) is 4. The highest BCUT2D eigenvalue weighted by Crippen LogP contribution is 2.36. The lowest BCUT2D eigenvalue weighted by Gasteiger charge is -2.14. The van der Waals surface area contributed by atoms with Crippen LogP contribution in [0.1, 0.15) is 0 Å². The van der Waals surface area contributed by atoms with E-state index in [1.807, 2.05) is 23.2 Å². The van der Waals surface area contributed by atoms with Crippen molar-refractivity contribution in [2.75, 3.05) is 13.2 Å². The lowest BCUT2D eigenvalue weighted by molar-refractivity contribution is -0.135. The first-order valence-corrected chi connectivity index (χ1v) is 7.43. The molecule has 96 valence electrons. The van der Waals surface area contributed by atoms with Crippen LogP contribution in [0.2, 0.25) is 0 Å². The Hall–Kier alpha value is -0.530. The van der Waals surface area contributed by atoms with Gasteiger partial charge in [-0.25, -0.2) is 4.79 Å². The van der Waals surface area contributed by atoms with Gasteiger partial charge in [0, 0.05) is 16.9 Å². The predicted molar refractivity (Wildman–Crippen MR) is 79.0 cm³/mol. The first kappa shape index (κ1) is 13.9. The van der Waals surface area contributed by atoms with Crippen LogP contribution in [-0.2, 0) is 4.79 Å². The molecule has 0 saturated heterocycles. The highest BCUT2D eigenvalue weighted by atomic mass is 79.9. The molecule has 0 fully saturated rings. The predicted octanol–water partition coefficient (Wildman–Crippen LogP) is 3.21. The molecule has 0 unspecified atom stereocenters. The second kappa shape index (κ2) is 6.08. The Morgan fingerprint density at radius 1 is 1.33 bits per heavy atom. The minimum Gasteiger partial charge on any atom is -0.423 e. The highest BCUT2D eigenvalue weighted by Gasteiger charge is 2.15. The zero-order valence-corrected chi connectivity index (χ0v) is 13.9. The molecule has 0 amide bonds. The number of ether oxygens (including phenoxy) is 1. The number of rotatable bonds is 3. The topological polar surface area (TPSA) is 41.6 Å². The fourth-order valence-electron chi connectivity index (χ4n) is 1.43. The molecule has 1 aromatic carbocycles. The minimum atomic E-state index is -0.313. The molecule has 7 heteroatoms. The molecule has 0 saturated carbocycles. The maximum atomic E-state index is 11.8. The van der Waals surface area contributed by atoms with Crippen LogP contribution < -0.4 is 10.1 Å². The van der Waals surface area contributed by atoms with Crippen molar-refractivity contribution in [2.24, 2.45) is 0 Å². The Morgan fingerprint density at radius 2 is 2.00 bits per heavy atom. The van der Waals surface area contributed by atoms with Gasteiger partial charge in [0.2, 0.25) is 0 Å². The molecule has 0 radical (unpaired) electrons. The molecule has 1 heterocycles. The van der Waals surface area contributed by atoms with Gasteiger partial charge in [-0.15, -0.1) is 0 Å². The van der Waals surface area contributed by atoms with Gasteiger partial charge in [-0.05, 0) is 44.0 Å². The van der Waals surface area contributed by atoms with E-state index in [1.54, 1.807) is 6.20 Å². The average Bonchev–Trinajstić information content (AvgIpc) is 2.76. The van der Waals surface area contributed by atoms with E-state index >= 15 is 0 Å². The van der Waals surface area contributed by atoms with E-state index in [1.165, 1.54) is 0 Å². The van der Waals surface area contributed by atoms with E-state index in [4.69, 9.17) is 4.74 Å². The number of halogens is 3.